The summed E-state index contributed by atoms with van der Waals surface area (Å²) in [5, 5.41) is 17.0. The van der Waals surface area contributed by atoms with Crippen LogP contribution in [0.25, 0.3) is 0 Å². The SMILES string of the molecule is CO[C@]1(C)O[C@@H]([C@@H](O)CNc2ccc3c(c2)OCCO3)[C@H](CO[Si](c2ccccc2)(c2ccccc2)C(C)(C)C)O[C@@]1(C)OC. The Morgan fingerprint density at radius 1 is 0.844 bits per heavy atom. The molecular formula is C35H47NO8Si. The number of rotatable bonds is 11. The minimum atomic E-state index is -2.91. The molecule has 0 aromatic heterocycles. The van der Waals surface area contributed by atoms with Gasteiger partial charge in [-0.3, -0.25) is 0 Å². The first-order valence-electron chi connectivity index (χ1n) is 15.5. The molecule has 2 aliphatic heterocycles. The molecule has 0 aliphatic carbocycles. The summed E-state index contributed by atoms with van der Waals surface area (Å²) >= 11 is 0. The van der Waals surface area contributed by atoms with Gasteiger partial charge in [0.1, 0.15) is 31.5 Å². The number of hydrogen-bond acceptors (Lipinski definition) is 9. The number of nitrogens with one attached hydrogen (secondary N) is 1. The Morgan fingerprint density at radius 2 is 1.40 bits per heavy atom. The molecule has 5 rings (SSSR count). The lowest BCUT2D eigenvalue weighted by atomic mass is 10.0. The zero-order chi connectivity index (χ0) is 32.3. The maximum Gasteiger partial charge on any atom is 0.261 e. The fourth-order valence-corrected chi connectivity index (χ4v) is 10.9. The summed E-state index contributed by atoms with van der Waals surface area (Å²) in [7, 11) is 0.181. The number of benzene rings is 3. The van der Waals surface area contributed by atoms with Crippen molar-refractivity contribution in [1.82, 2.24) is 0 Å². The highest BCUT2D eigenvalue weighted by Gasteiger charge is 2.59. The fourth-order valence-electron chi connectivity index (χ4n) is 6.29. The van der Waals surface area contributed by atoms with Gasteiger partial charge in [0.15, 0.2) is 11.5 Å². The van der Waals surface area contributed by atoms with Gasteiger partial charge in [-0.15, -0.1) is 0 Å². The molecule has 244 valence electrons. The van der Waals surface area contributed by atoms with Crippen LogP contribution in [0, 0.1) is 0 Å². The summed E-state index contributed by atoms with van der Waals surface area (Å²) in [6.07, 6.45) is -2.51. The number of hydrogen-bond donors (Lipinski definition) is 2. The van der Waals surface area contributed by atoms with E-state index in [1.54, 1.807) is 21.0 Å². The predicted molar refractivity (Wildman–Crippen MR) is 176 cm³/mol. The summed E-state index contributed by atoms with van der Waals surface area (Å²) in [5.74, 6) is -1.22. The number of aliphatic hydroxyl groups is 1. The van der Waals surface area contributed by atoms with Gasteiger partial charge >= 0.3 is 0 Å². The molecule has 0 amide bonds. The third-order valence-electron chi connectivity index (χ3n) is 9.03. The van der Waals surface area contributed by atoms with Gasteiger partial charge in [0.05, 0.1) is 6.61 Å². The Balaban J connectivity index is 1.45. The second-order valence-corrected chi connectivity index (χ2v) is 17.1. The Labute approximate surface area is 267 Å². The van der Waals surface area contributed by atoms with E-state index in [0.717, 1.165) is 16.1 Å². The molecule has 45 heavy (non-hydrogen) atoms. The third-order valence-corrected chi connectivity index (χ3v) is 14.0. The summed E-state index contributed by atoms with van der Waals surface area (Å²) in [4.78, 5) is 0. The first-order valence-corrected chi connectivity index (χ1v) is 17.4. The van der Waals surface area contributed by atoms with Gasteiger partial charge in [0, 0.05) is 32.5 Å². The minimum Gasteiger partial charge on any atom is -0.486 e. The quantitative estimate of drug-likeness (QED) is 0.298. The van der Waals surface area contributed by atoms with E-state index in [1.165, 1.54) is 7.11 Å². The lowest BCUT2D eigenvalue weighted by molar-refractivity contribution is -0.454. The molecule has 1 saturated heterocycles. The molecule has 3 aromatic carbocycles. The van der Waals surface area contributed by atoms with Gasteiger partial charge < -0.3 is 43.3 Å². The molecule has 0 saturated carbocycles. The Kier molecular flexibility index (Phi) is 9.95. The van der Waals surface area contributed by atoms with E-state index in [0.29, 0.717) is 24.7 Å². The van der Waals surface area contributed by atoms with E-state index < -0.39 is 38.2 Å². The highest BCUT2D eigenvalue weighted by molar-refractivity contribution is 6.99. The minimum absolute atomic E-state index is 0.151. The van der Waals surface area contributed by atoms with Gasteiger partial charge in [-0.05, 0) is 41.4 Å². The first kappa shape index (κ1) is 33.4. The number of methoxy groups -OCH3 is 2. The molecule has 5 atom stereocenters. The van der Waals surface area contributed by atoms with Crippen LogP contribution in [-0.4, -0.2) is 83.9 Å². The van der Waals surface area contributed by atoms with E-state index in [2.05, 4.69) is 74.6 Å². The second-order valence-electron chi connectivity index (χ2n) is 12.8. The zero-order valence-corrected chi connectivity index (χ0v) is 28.4. The van der Waals surface area contributed by atoms with Crippen LogP contribution in [0.1, 0.15) is 34.6 Å². The summed E-state index contributed by atoms with van der Waals surface area (Å²) < 4.78 is 43.5. The van der Waals surface area contributed by atoms with Gasteiger partial charge in [0.2, 0.25) is 11.6 Å². The Morgan fingerprint density at radius 3 is 1.96 bits per heavy atom. The maximum absolute atomic E-state index is 11.7. The molecule has 3 aromatic rings. The molecule has 1 fully saturated rings. The zero-order valence-electron chi connectivity index (χ0n) is 27.4. The van der Waals surface area contributed by atoms with Gasteiger partial charge in [-0.1, -0.05) is 81.4 Å². The monoisotopic (exact) mass is 637 g/mol. The van der Waals surface area contributed by atoms with E-state index >= 15 is 0 Å². The van der Waals surface area contributed by atoms with E-state index in [1.807, 2.05) is 30.3 Å². The normalized spacial score (nSPS) is 25.9. The van der Waals surface area contributed by atoms with Crippen molar-refractivity contribution in [3.63, 3.8) is 0 Å². The van der Waals surface area contributed by atoms with Gasteiger partial charge in [-0.25, -0.2) is 0 Å². The van der Waals surface area contributed by atoms with Gasteiger partial charge in [-0.2, -0.15) is 0 Å². The third kappa shape index (κ3) is 6.51. The van der Waals surface area contributed by atoms with Crippen molar-refractivity contribution in [3.8, 4) is 11.5 Å². The highest BCUT2D eigenvalue weighted by Crippen LogP contribution is 2.42. The molecule has 0 unspecified atom stereocenters. The van der Waals surface area contributed by atoms with Crippen molar-refractivity contribution in [3.05, 3.63) is 78.9 Å². The van der Waals surface area contributed by atoms with Crippen LogP contribution < -0.4 is 25.2 Å². The predicted octanol–water partition coefficient (Wildman–Crippen LogP) is 4.32. The van der Waals surface area contributed by atoms with Crippen molar-refractivity contribution in [2.75, 3.05) is 45.9 Å². The van der Waals surface area contributed by atoms with Crippen LogP contribution in [0.2, 0.25) is 5.04 Å². The highest BCUT2D eigenvalue weighted by atomic mass is 28.4. The standard InChI is InChI=1S/C35H47NO8Si/c1-33(2,3)45(26-14-10-8-11-15-26,27-16-12-9-13-17-27)42-24-31-32(44-35(5,39-7)34(4,38-6)43-31)28(37)23-36-25-18-19-29-30(22-25)41-21-20-40-29/h8-19,22,28,31-32,36-37H,20-21,23-24H2,1-7H3/t28-,31-,32-,34+,35+/m0/s1. The van der Waals surface area contributed by atoms with Crippen molar-refractivity contribution in [1.29, 1.82) is 0 Å². The van der Waals surface area contributed by atoms with Crippen LogP contribution in [-0.2, 0) is 23.4 Å². The summed E-state index contributed by atoms with van der Waals surface area (Å²) in [5.41, 5.74) is 0.784. The first-order chi connectivity index (χ1) is 21.5. The van der Waals surface area contributed by atoms with Crippen LogP contribution >= 0.6 is 0 Å². The lowest BCUT2D eigenvalue weighted by Gasteiger charge is -2.53. The maximum atomic E-state index is 11.7. The molecule has 10 heteroatoms. The van der Waals surface area contributed by atoms with Crippen molar-refractivity contribution in [2.45, 2.75) is 69.5 Å². The smallest absolute Gasteiger partial charge is 0.261 e. The molecule has 0 radical (unpaired) electrons. The Bertz CT molecular complexity index is 1360. The number of ether oxygens (including phenoxy) is 6. The lowest BCUT2D eigenvalue weighted by Crippen LogP contribution is -2.70. The van der Waals surface area contributed by atoms with Crippen LogP contribution in [0.5, 0.6) is 11.5 Å². The molecule has 2 aliphatic rings. The van der Waals surface area contributed by atoms with Crippen LogP contribution in [0.4, 0.5) is 5.69 Å². The Hall–Kier alpha value is -2.96. The van der Waals surface area contributed by atoms with Gasteiger partial charge in [0.25, 0.3) is 8.32 Å². The fraction of sp³-hybridized carbons (Fsp3) is 0.486. The average Bonchev–Trinajstić information content (AvgIpc) is 3.05. The number of fused-ring (bicyclic) bond motifs is 1. The van der Waals surface area contributed by atoms with Crippen molar-refractivity contribution < 1.29 is 38.0 Å². The molecule has 0 spiro atoms. The molecule has 9 nitrogen and oxygen atoms in total. The van der Waals surface area contributed by atoms with E-state index in [-0.39, 0.29) is 18.2 Å². The average molecular weight is 638 g/mol. The number of anilines is 1. The number of aliphatic hydroxyl groups excluding tert-OH is 1. The molecule has 2 N–H and O–H groups in total. The topological polar surface area (TPSA) is 96.9 Å². The van der Waals surface area contributed by atoms with Crippen molar-refractivity contribution >= 4 is 24.4 Å². The molecule has 2 heterocycles. The largest absolute Gasteiger partial charge is 0.486 e. The molecular weight excluding hydrogens is 590 g/mol. The summed E-state index contributed by atoms with van der Waals surface area (Å²) in [6.45, 7) is 11.5. The second kappa shape index (κ2) is 13.4. The van der Waals surface area contributed by atoms with Crippen LogP contribution in [0.15, 0.2) is 78.9 Å². The molecule has 0 bridgehead atoms. The summed E-state index contributed by atoms with van der Waals surface area (Å²) in [6, 6.07) is 26.5. The van der Waals surface area contributed by atoms with Crippen molar-refractivity contribution in [2.24, 2.45) is 0 Å². The van der Waals surface area contributed by atoms with E-state index in [9.17, 15) is 5.11 Å². The van der Waals surface area contributed by atoms with E-state index in [4.69, 9.17) is 32.8 Å². The van der Waals surface area contributed by atoms with Crippen LogP contribution in [0.3, 0.4) is 0 Å².